The maximum Gasteiger partial charge on any atom is 0.129 e. The molecule has 0 saturated carbocycles. The number of ketones is 1. The first-order valence-electron chi connectivity index (χ1n) is 6.71. The van der Waals surface area contributed by atoms with Crippen molar-refractivity contribution >= 4 is 5.78 Å². The molecule has 0 amide bonds. The highest BCUT2D eigenvalue weighted by Crippen LogP contribution is 2.21. The Morgan fingerprint density at radius 3 is 2.88 bits per heavy atom. The molecule has 3 nitrogen and oxygen atoms in total. The molecule has 0 aromatic heterocycles. The summed E-state index contributed by atoms with van der Waals surface area (Å²) in [7, 11) is 0. The maximum absolute atomic E-state index is 10.9. The Morgan fingerprint density at radius 1 is 1.25 bits per heavy atom. The third-order valence-corrected chi connectivity index (χ3v) is 3.89. The first kappa shape index (κ1) is 12.1. The second-order valence-corrected chi connectivity index (χ2v) is 5.29. The Morgan fingerprint density at radius 2 is 2.06 bits per heavy atom. The van der Waals surface area contributed by atoms with E-state index in [1.807, 2.05) is 0 Å². The predicted octanol–water partition coefficient (Wildman–Crippen LogP) is 1.53. The van der Waals surface area contributed by atoms with E-state index < -0.39 is 0 Å². The normalized spacial score (nSPS) is 27.7. The van der Waals surface area contributed by atoms with Crippen LogP contribution < -0.4 is 0 Å². The molecular formula is C13H24N2O. The summed E-state index contributed by atoms with van der Waals surface area (Å²) in [4.78, 5) is 16.1. The second-order valence-electron chi connectivity index (χ2n) is 5.29. The quantitative estimate of drug-likeness (QED) is 0.723. The molecule has 0 aliphatic carbocycles. The molecule has 2 heterocycles. The molecule has 2 fully saturated rings. The molecule has 1 atom stereocenters. The van der Waals surface area contributed by atoms with Crippen molar-refractivity contribution in [1.29, 1.82) is 0 Å². The summed E-state index contributed by atoms with van der Waals surface area (Å²) in [6.45, 7) is 7.87. The van der Waals surface area contributed by atoms with Gasteiger partial charge in [0.05, 0.1) is 0 Å². The lowest BCUT2D eigenvalue weighted by Gasteiger charge is -2.25. The Bertz CT molecular complexity index is 242. The van der Waals surface area contributed by atoms with Gasteiger partial charge >= 0.3 is 0 Å². The molecule has 92 valence electrons. The van der Waals surface area contributed by atoms with Crippen molar-refractivity contribution in [3.8, 4) is 0 Å². The van der Waals surface area contributed by atoms with Crippen molar-refractivity contribution in [1.82, 2.24) is 9.80 Å². The van der Waals surface area contributed by atoms with E-state index >= 15 is 0 Å². The fraction of sp³-hybridized carbons (Fsp3) is 0.923. The molecule has 1 unspecified atom stereocenters. The molecule has 0 radical (unpaired) electrons. The minimum Gasteiger partial charge on any atom is -0.302 e. The van der Waals surface area contributed by atoms with Gasteiger partial charge in [-0.25, -0.2) is 0 Å². The van der Waals surface area contributed by atoms with Crippen LogP contribution in [-0.4, -0.2) is 54.3 Å². The van der Waals surface area contributed by atoms with Gasteiger partial charge in [0, 0.05) is 19.0 Å². The molecule has 3 heteroatoms. The predicted molar refractivity (Wildman–Crippen MR) is 65.6 cm³/mol. The summed E-state index contributed by atoms with van der Waals surface area (Å²) in [5, 5.41) is 0. The van der Waals surface area contributed by atoms with Gasteiger partial charge in [0.25, 0.3) is 0 Å². The van der Waals surface area contributed by atoms with Gasteiger partial charge in [0.15, 0.2) is 0 Å². The molecule has 2 aliphatic rings. The molecule has 0 spiro atoms. The highest BCUT2D eigenvalue weighted by molar-refractivity contribution is 5.75. The van der Waals surface area contributed by atoms with Crippen LogP contribution in [0.1, 0.15) is 39.0 Å². The summed E-state index contributed by atoms with van der Waals surface area (Å²) in [6.07, 6.45) is 5.86. The van der Waals surface area contributed by atoms with Crippen LogP contribution in [0.3, 0.4) is 0 Å². The molecule has 16 heavy (non-hydrogen) atoms. The van der Waals surface area contributed by atoms with Gasteiger partial charge < -0.3 is 9.69 Å². The number of hydrogen-bond acceptors (Lipinski definition) is 3. The maximum atomic E-state index is 10.9. The van der Waals surface area contributed by atoms with Crippen LogP contribution in [0, 0.1) is 0 Å². The van der Waals surface area contributed by atoms with Gasteiger partial charge in [-0.05, 0) is 58.8 Å². The molecule has 2 saturated heterocycles. The molecule has 2 aliphatic heterocycles. The van der Waals surface area contributed by atoms with Gasteiger partial charge in [-0.2, -0.15) is 0 Å². The number of hydrogen-bond donors (Lipinski definition) is 0. The second kappa shape index (κ2) is 5.78. The largest absolute Gasteiger partial charge is 0.302 e. The molecule has 2 rings (SSSR count). The van der Waals surface area contributed by atoms with Gasteiger partial charge in [0.1, 0.15) is 5.78 Å². The van der Waals surface area contributed by atoms with E-state index in [-0.39, 0.29) is 0 Å². The lowest BCUT2D eigenvalue weighted by atomic mass is 10.2. The summed E-state index contributed by atoms with van der Waals surface area (Å²) in [6, 6.07) is 0.805. The van der Waals surface area contributed by atoms with Gasteiger partial charge in [-0.15, -0.1) is 0 Å². The summed E-state index contributed by atoms with van der Waals surface area (Å²) in [5.41, 5.74) is 0. The smallest absolute Gasteiger partial charge is 0.129 e. The van der Waals surface area contributed by atoms with E-state index in [0.29, 0.717) is 5.78 Å². The Hall–Kier alpha value is -0.410. The fourth-order valence-corrected chi connectivity index (χ4v) is 3.04. The van der Waals surface area contributed by atoms with E-state index in [1.165, 1.54) is 45.4 Å². The highest BCUT2D eigenvalue weighted by atomic mass is 16.1. The third-order valence-electron chi connectivity index (χ3n) is 3.89. The monoisotopic (exact) mass is 224 g/mol. The topological polar surface area (TPSA) is 23.6 Å². The van der Waals surface area contributed by atoms with Crippen molar-refractivity contribution in [2.45, 2.75) is 45.1 Å². The van der Waals surface area contributed by atoms with Crippen LogP contribution >= 0.6 is 0 Å². The average molecular weight is 224 g/mol. The number of fused-ring (bicyclic) bond motifs is 1. The lowest BCUT2D eigenvalue weighted by molar-refractivity contribution is -0.117. The van der Waals surface area contributed by atoms with Gasteiger partial charge in [-0.3, -0.25) is 4.90 Å². The third kappa shape index (κ3) is 3.29. The van der Waals surface area contributed by atoms with Crippen LogP contribution in [0.15, 0.2) is 0 Å². The average Bonchev–Trinajstić information content (AvgIpc) is 2.57. The van der Waals surface area contributed by atoms with E-state index in [1.54, 1.807) is 6.92 Å². The van der Waals surface area contributed by atoms with E-state index in [2.05, 4.69) is 9.80 Å². The van der Waals surface area contributed by atoms with E-state index in [9.17, 15) is 4.79 Å². The molecule has 0 aromatic rings. The van der Waals surface area contributed by atoms with Crippen molar-refractivity contribution in [3.63, 3.8) is 0 Å². The first-order valence-corrected chi connectivity index (χ1v) is 6.71. The van der Waals surface area contributed by atoms with Crippen molar-refractivity contribution in [2.24, 2.45) is 0 Å². The Balaban J connectivity index is 1.75. The van der Waals surface area contributed by atoms with Crippen molar-refractivity contribution in [3.05, 3.63) is 0 Å². The van der Waals surface area contributed by atoms with Gasteiger partial charge in [0.2, 0.25) is 0 Å². The minimum absolute atomic E-state index is 0.331. The fourth-order valence-electron chi connectivity index (χ4n) is 3.04. The number of nitrogens with zero attached hydrogens (tertiary/aromatic N) is 2. The Labute approximate surface area is 98.8 Å². The van der Waals surface area contributed by atoms with Crippen molar-refractivity contribution < 1.29 is 4.79 Å². The van der Waals surface area contributed by atoms with Crippen LogP contribution in [0.25, 0.3) is 0 Å². The van der Waals surface area contributed by atoms with Crippen LogP contribution in [0.2, 0.25) is 0 Å². The van der Waals surface area contributed by atoms with Crippen molar-refractivity contribution in [2.75, 3.05) is 32.7 Å². The van der Waals surface area contributed by atoms with Gasteiger partial charge in [-0.1, -0.05) is 0 Å². The zero-order chi connectivity index (χ0) is 11.4. The number of carbonyl (C=O) groups is 1. The summed E-state index contributed by atoms with van der Waals surface area (Å²) >= 11 is 0. The SMILES string of the molecule is CC(=O)CCCN1CCCN2CCCC2C1. The standard InChI is InChI=1S/C13H24N2O/c1-12(16)5-2-7-14-8-4-10-15-9-3-6-13(15)11-14/h13H,2-11H2,1H3. The number of Topliss-reactive ketones (excluding diaryl/α,β-unsaturated/α-hetero) is 1. The minimum atomic E-state index is 0.331. The van der Waals surface area contributed by atoms with Crippen LogP contribution in [-0.2, 0) is 4.79 Å². The Kier molecular flexibility index (Phi) is 4.36. The summed E-state index contributed by atoms with van der Waals surface area (Å²) < 4.78 is 0. The van der Waals surface area contributed by atoms with Crippen LogP contribution in [0.5, 0.6) is 0 Å². The molecule has 0 aromatic carbocycles. The number of rotatable bonds is 4. The zero-order valence-corrected chi connectivity index (χ0v) is 10.5. The van der Waals surface area contributed by atoms with Crippen LogP contribution in [0.4, 0.5) is 0 Å². The van der Waals surface area contributed by atoms with E-state index in [4.69, 9.17) is 0 Å². The molecule has 0 bridgehead atoms. The first-order chi connectivity index (χ1) is 7.75. The highest BCUT2D eigenvalue weighted by Gasteiger charge is 2.28. The lowest BCUT2D eigenvalue weighted by Crippen LogP contribution is -2.37. The molecular weight excluding hydrogens is 200 g/mol. The summed E-state index contributed by atoms with van der Waals surface area (Å²) in [5.74, 6) is 0.331. The number of carbonyl (C=O) groups excluding carboxylic acids is 1. The van der Waals surface area contributed by atoms with E-state index in [0.717, 1.165) is 25.4 Å². The molecule has 0 N–H and O–H groups in total. The zero-order valence-electron chi connectivity index (χ0n) is 10.5.